The van der Waals surface area contributed by atoms with Crippen molar-refractivity contribution in [3.8, 4) is 0 Å². The molecule has 2 aromatic heterocycles. The molecule has 4 heterocycles. The summed E-state index contributed by atoms with van der Waals surface area (Å²) in [5, 5.41) is 4.01. The number of carbonyl (C=O) groups is 1. The van der Waals surface area contributed by atoms with Gasteiger partial charge in [0.15, 0.2) is 0 Å². The molecule has 2 aliphatic rings. The Kier molecular flexibility index (Phi) is 3.67. The van der Waals surface area contributed by atoms with E-state index >= 15 is 0 Å². The van der Waals surface area contributed by atoms with Crippen LogP contribution in [0.3, 0.4) is 0 Å². The average Bonchev–Trinajstić information content (AvgIpc) is 3.16. The number of anilines is 2. The maximum absolute atomic E-state index is 11.7. The Bertz CT molecular complexity index is 1040. The van der Waals surface area contributed by atoms with Crippen molar-refractivity contribution in [2.24, 2.45) is 0 Å². The maximum Gasteiger partial charge on any atom is 0.224 e. The summed E-state index contributed by atoms with van der Waals surface area (Å²) in [6.07, 6.45) is 7.01. The highest BCUT2D eigenvalue weighted by molar-refractivity contribution is 8.08. The van der Waals surface area contributed by atoms with Crippen molar-refractivity contribution in [2.45, 2.75) is 12.8 Å². The van der Waals surface area contributed by atoms with Crippen molar-refractivity contribution in [1.82, 2.24) is 15.0 Å². The minimum absolute atomic E-state index is 0.0948. The van der Waals surface area contributed by atoms with Gasteiger partial charge in [-0.15, -0.1) is 11.8 Å². The van der Waals surface area contributed by atoms with Crippen molar-refractivity contribution in [3.05, 3.63) is 54.1 Å². The van der Waals surface area contributed by atoms with E-state index in [0.717, 1.165) is 46.8 Å². The SMILES string of the molecule is O=C1CCc2ccc(C3=CN(c4ncnc5[nH]ccc45)CCS3)cc2N1. The van der Waals surface area contributed by atoms with Crippen LogP contribution in [0.4, 0.5) is 11.5 Å². The molecule has 2 N–H and O–H groups in total. The second kappa shape index (κ2) is 6.17. The molecule has 0 aliphatic carbocycles. The molecular weight excluding hydrogens is 346 g/mol. The summed E-state index contributed by atoms with van der Waals surface area (Å²) in [6, 6.07) is 8.36. The number of aryl methyl sites for hydroxylation is 1. The lowest BCUT2D eigenvalue weighted by Crippen LogP contribution is -2.24. The molecule has 0 bridgehead atoms. The predicted molar refractivity (Wildman–Crippen MR) is 105 cm³/mol. The zero-order chi connectivity index (χ0) is 17.5. The van der Waals surface area contributed by atoms with Gasteiger partial charge in [0.2, 0.25) is 5.91 Å². The van der Waals surface area contributed by atoms with Gasteiger partial charge in [0, 0.05) is 41.7 Å². The summed E-state index contributed by atoms with van der Waals surface area (Å²) in [7, 11) is 0. The highest BCUT2D eigenvalue weighted by Gasteiger charge is 2.20. The summed E-state index contributed by atoms with van der Waals surface area (Å²) >= 11 is 1.83. The van der Waals surface area contributed by atoms with Gasteiger partial charge in [0.25, 0.3) is 0 Å². The normalized spacial score (nSPS) is 17.0. The lowest BCUT2D eigenvalue weighted by atomic mass is 10.0. The molecule has 0 unspecified atom stereocenters. The first kappa shape index (κ1) is 15.5. The van der Waals surface area contributed by atoms with Crippen LogP contribution in [0, 0.1) is 0 Å². The number of amides is 1. The summed E-state index contributed by atoms with van der Waals surface area (Å²) in [5.41, 5.74) is 4.11. The minimum atomic E-state index is 0.0948. The number of nitrogens with zero attached hydrogens (tertiary/aromatic N) is 3. The molecule has 0 radical (unpaired) electrons. The smallest absolute Gasteiger partial charge is 0.224 e. The molecule has 3 aromatic rings. The largest absolute Gasteiger partial charge is 0.346 e. The van der Waals surface area contributed by atoms with Crippen LogP contribution in [-0.4, -0.2) is 33.2 Å². The third-order valence-electron chi connectivity index (χ3n) is 4.76. The standard InChI is InChI=1S/C19H17N5OS/c25-17-4-3-12-1-2-13(9-15(12)23-17)16-10-24(7-8-26-16)19-14-5-6-20-18(14)21-11-22-19/h1-2,5-6,9-11H,3-4,7-8H2,(H,23,25)(H,20,21,22). The summed E-state index contributed by atoms with van der Waals surface area (Å²) in [5.74, 6) is 1.99. The van der Waals surface area contributed by atoms with Crippen LogP contribution < -0.4 is 10.2 Å². The Balaban J connectivity index is 1.52. The Morgan fingerprint density at radius 1 is 1.15 bits per heavy atom. The zero-order valence-electron chi connectivity index (χ0n) is 14.0. The number of hydrogen-bond acceptors (Lipinski definition) is 5. The molecule has 0 atom stereocenters. The number of hydrogen-bond donors (Lipinski definition) is 2. The van der Waals surface area contributed by atoms with Crippen molar-refractivity contribution < 1.29 is 4.79 Å². The van der Waals surface area contributed by atoms with Gasteiger partial charge in [0.05, 0.1) is 5.39 Å². The molecule has 0 saturated carbocycles. The summed E-state index contributed by atoms with van der Waals surface area (Å²) in [6.45, 7) is 0.896. The highest BCUT2D eigenvalue weighted by Crippen LogP contribution is 2.36. The van der Waals surface area contributed by atoms with E-state index < -0.39 is 0 Å². The number of H-pyrrole nitrogens is 1. The van der Waals surface area contributed by atoms with Gasteiger partial charge in [-0.2, -0.15) is 0 Å². The molecule has 7 heteroatoms. The van der Waals surface area contributed by atoms with Crippen LogP contribution in [0.25, 0.3) is 15.9 Å². The van der Waals surface area contributed by atoms with E-state index in [0.29, 0.717) is 6.42 Å². The quantitative estimate of drug-likeness (QED) is 0.730. The number of benzene rings is 1. The summed E-state index contributed by atoms with van der Waals surface area (Å²) in [4.78, 5) is 27.0. The van der Waals surface area contributed by atoms with Gasteiger partial charge in [-0.05, 0) is 29.7 Å². The monoisotopic (exact) mass is 363 g/mol. The van der Waals surface area contributed by atoms with E-state index in [-0.39, 0.29) is 5.91 Å². The fraction of sp³-hybridized carbons (Fsp3) is 0.211. The lowest BCUT2D eigenvalue weighted by Gasteiger charge is -2.26. The van der Waals surface area contributed by atoms with Gasteiger partial charge in [-0.1, -0.05) is 12.1 Å². The predicted octanol–water partition coefficient (Wildman–Crippen LogP) is 3.39. The number of fused-ring (bicyclic) bond motifs is 2. The Morgan fingerprint density at radius 2 is 2.12 bits per heavy atom. The molecule has 1 aromatic carbocycles. The van der Waals surface area contributed by atoms with Gasteiger partial charge >= 0.3 is 0 Å². The van der Waals surface area contributed by atoms with Crippen molar-refractivity contribution >= 4 is 45.1 Å². The van der Waals surface area contributed by atoms with E-state index in [4.69, 9.17) is 0 Å². The molecule has 0 fully saturated rings. The number of aromatic amines is 1. The third-order valence-corrected chi connectivity index (χ3v) is 5.80. The lowest BCUT2D eigenvalue weighted by molar-refractivity contribution is -0.116. The van der Waals surface area contributed by atoms with Crippen LogP contribution in [0.5, 0.6) is 0 Å². The molecule has 5 rings (SSSR count). The van der Waals surface area contributed by atoms with Gasteiger partial charge in [-0.3, -0.25) is 4.79 Å². The minimum Gasteiger partial charge on any atom is -0.346 e. The van der Waals surface area contributed by atoms with Crippen molar-refractivity contribution in [3.63, 3.8) is 0 Å². The zero-order valence-corrected chi connectivity index (χ0v) is 14.8. The van der Waals surface area contributed by atoms with E-state index in [1.54, 1.807) is 6.33 Å². The van der Waals surface area contributed by atoms with Crippen molar-refractivity contribution in [2.75, 3.05) is 22.5 Å². The maximum atomic E-state index is 11.7. The van der Waals surface area contributed by atoms with E-state index in [1.807, 2.05) is 24.0 Å². The summed E-state index contributed by atoms with van der Waals surface area (Å²) < 4.78 is 0. The Morgan fingerprint density at radius 3 is 3.08 bits per heavy atom. The fourth-order valence-electron chi connectivity index (χ4n) is 3.43. The van der Waals surface area contributed by atoms with Crippen LogP contribution >= 0.6 is 11.8 Å². The van der Waals surface area contributed by atoms with Crippen LogP contribution in [0.1, 0.15) is 17.5 Å². The van der Waals surface area contributed by atoms with E-state index in [1.165, 1.54) is 10.5 Å². The first-order valence-electron chi connectivity index (χ1n) is 8.60. The third kappa shape index (κ3) is 2.64. The average molecular weight is 363 g/mol. The number of nitrogens with one attached hydrogen (secondary N) is 2. The molecule has 0 spiro atoms. The number of thioether (sulfide) groups is 1. The Labute approximate surface area is 154 Å². The van der Waals surface area contributed by atoms with Gasteiger partial charge in [-0.25, -0.2) is 9.97 Å². The number of aromatic nitrogens is 3. The number of carbonyl (C=O) groups excluding carboxylic acids is 1. The molecule has 2 aliphatic heterocycles. The number of rotatable bonds is 2. The van der Waals surface area contributed by atoms with Gasteiger partial charge < -0.3 is 15.2 Å². The van der Waals surface area contributed by atoms with E-state index in [9.17, 15) is 4.79 Å². The molecular formula is C19H17N5OS. The molecule has 130 valence electrons. The molecule has 1 amide bonds. The van der Waals surface area contributed by atoms with Crippen molar-refractivity contribution in [1.29, 1.82) is 0 Å². The first-order valence-corrected chi connectivity index (χ1v) is 9.59. The second-order valence-electron chi connectivity index (χ2n) is 6.39. The van der Waals surface area contributed by atoms with Crippen LogP contribution in [0.15, 0.2) is 43.0 Å². The van der Waals surface area contributed by atoms with Gasteiger partial charge in [0.1, 0.15) is 17.8 Å². The molecule has 6 nitrogen and oxygen atoms in total. The highest BCUT2D eigenvalue weighted by atomic mass is 32.2. The first-order chi connectivity index (χ1) is 12.8. The van der Waals surface area contributed by atoms with E-state index in [2.05, 4.69) is 49.6 Å². The Hall–Kier alpha value is -2.80. The molecule has 0 saturated heterocycles. The van der Waals surface area contributed by atoms with Crippen LogP contribution in [0.2, 0.25) is 0 Å². The second-order valence-corrected chi connectivity index (χ2v) is 7.53. The van der Waals surface area contributed by atoms with Crippen LogP contribution in [-0.2, 0) is 11.2 Å². The topological polar surface area (TPSA) is 73.9 Å². The fourth-order valence-corrected chi connectivity index (χ4v) is 4.44. The molecule has 26 heavy (non-hydrogen) atoms.